The topological polar surface area (TPSA) is 59.6 Å². The summed E-state index contributed by atoms with van der Waals surface area (Å²) in [5, 5.41) is 6.06. The second-order valence-electron chi connectivity index (χ2n) is 5.39. The Balaban J connectivity index is 2.09. The molecule has 0 radical (unpaired) electrons. The molecule has 2 N–H and O–H groups in total. The van der Waals surface area contributed by atoms with Gasteiger partial charge in [-0.15, -0.1) is 0 Å². The Bertz CT molecular complexity index is 734. The number of rotatable bonds is 6. The van der Waals surface area contributed by atoms with Gasteiger partial charge in [-0.2, -0.15) is 0 Å². The summed E-state index contributed by atoms with van der Waals surface area (Å²) >= 11 is 3.47. The van der Waals surface area contributed by atoms with Crippen LogP contribution < -0.4 is 20.1 Å². The lowest BCUT2D eigenvalue weighted by Crippen LogP contribution is -2.32. The second kappa shape index (κ2) is 8.06. The molecule has 2 aromatic rings. The smallest absolute Gasteiger partial charge is 0.246 e. The molecule has 0 saturated carbocycles. The number of benzene rings is 2. The lowest BCUT2D eigenvalue weighted by molar-refractivity contribution is -0.116. The highest BCUT2D eigenvalue weighted by atomic mass is 79.9. The number of hydrogen-bond donors (Lipinski definition) is 2. The molecule has 0 fully saturated rings. The Kier molecular flexibility index (Phi) is 6.09. The molecule has 128 valence electrons. The van der Waals surface area contributed by atoms with Gasteiger partial charge in [-0.25, -0.2) is 0 Å². The van der Waals surface area contributed by atoms with Gasteiger partial charge in [0.25, 0.3) is 0 Å². The molecule has 0 saturated heterocycles. The number of aryl methyl sites for hydroxylation is 1. The van der Waals surface area contributed by atoms with Crippen molar-refractivity contribution < 1.29 is 14.3 Å². The zero-order chi connectivity index (χ0) is 17.7. The minimum Gasteiger partial charge on any atom is -0.497 e. The fourth-order valence-electron chi connectivity index (χ4n) is 2.20. The van der Waals surface area contributed by atoms with Crippen molar-refractivity contribution in [3.63, 3.8) is 0 Å². The first kappa shape index (κ1) is 18.1. The van der Waals surface area contributed by atoms with Gasteiger partial charge in [0.05, 0.1) is 19.9 Å². The fraction of sp³-hybridized carbons (Fsp3) is 0.278. The Morgan fingerprint density at radius 1 is 1.12 bits per heavy atom. The Labute approximate surface area is 150 Å². The average molecular weight is 393 g/mol. The maximum Gasteiger partial charge on any atom is 0.246 e. The lowest BCUT2D eigenvalue weighted by Gasteiger charge is -2.17. The van der Waals surface area contributed by atoms with Crippen molar-refractivity contribution in [2.75, 3.05) is 24.9 Å². The number of carbonyl (C=O) groups excluding carboxylic acids is 1. The summed E-state index contributed by atoms with van der Waals surface area (Å²) < 4.78 is 11.5. The highest BCUT2D eigenvalue weighted by Gasteiger charge is 2.16. The number of ether oxygens (including phenoxy) is 2. The number of hydrogen-bond acceptors (Lipinski definition) is 4. The quantitative estimate of drug-likeness (QED) is 0.772. The van der Waals surface area contributed by atoms with E-state index in [4.69, 9.17) is 9.47 Å². The summed E-state index contributed by atoms with van der Waals surface area (Å²) in [4.78, 5) is 12.5. The monoisotopic (exact) mass is 392 g/mol. The zero-order valence-electron chi connectivity index (χ0n) is 14.1. The van der Waals surface area contributed by atoms with Crippen LogP contribution in [0, 0.1) is 6.92 Å². The Morgan fingerprint density at radius 2 is 1.88 bits per heavy atom. The molecule has 0 heterocycles. The molecule has 0 bridgehead atoms. The van der Waals surface area contributed by atoms with Crippen LogP contribution in [0.5, 0.6) is 11.5 Å². The van der Waals surface area contributed by atoms with Crippen LogP contribution in [0.1, 0.15) is 12.5 Å². The second-order valence-corrected chi connectivity index (χ2v) is 6.24. The number of halogens is 1. The van der Waals surface area contributed by atoms with Crippen LogP contribution in [0.25, 0.3) is 0 Å². The van der Waals surface area contributed by atoms with Crippen molar-refractivity contribution in [3.05, 3.63) is 46.4 Å². The van der Waals surface area contributed by atoms with E-state index in [2.05, 4.69) is 26.6 Å². The van der Waals surface area contributed by atoms with E-state index in [1.165, 1.54) is 0 Å². The first-order valence-corrected chi connectivity index (χ1v) is 8.29. The molecule has 2 aromatic carbocycles. The van der Waals surface area contributed by atoms with Crippen molar-refractivity contribution in [3.8, 4) is 11.5 Å². The molecule has 24 heavy (non-hydrogen) atoms. The van der Waals surface area contributed by atoms with Crippen molar-refractivity contribution in [1.82, 2.24) is 0 Å². The van der Waals surface area contributed by atoms with E-state index in [0.29, 0.717) is 17.2 Å². The number of nitrogens with one attached hydrogen (secondary N) is 2. The summed E-state index contributed by atoms with van der Waals surface area (Å²) in [5.74, 6) is 1.06. The van der Waals surface area contributed by atoms with E-state index in [9.17, 15) is 4.79 Å². The number of anilines is 2. The molecule has 2 rings (SSSR count). The first-order valence-electron chi connectivity index (χ1n) is 7.50. The van der Waals surface area contributed by atoms with Gasteiger partial charge in [0.2, 0.25) is 5.91 Å². The average Bonchev–Trinajstić information content (AvgIpc) is 2.58. The third-order valence-electron chi connectivity index (χ3n) is 3.60. The largest absolute Gasteiger partial charge is 0.497 e. The lowest BCUT2D eigenvalue weighted by atomic mass is 10.2. The van der Waals surface area contributed by atoms with Gasteiger partial charge in [0, 0.05) is 16.2 Å². The number of methoxy groups -OCH3 is 2. The predicted octanol–water partition coefficient (Wildman–Crippen LogP) is 4.21. The first-order chi connectivity index (χ1) is 11.4. The normalized spacial score (nSPS) is 11.5. The maximum atomic E-state index is 12.5. The molecule has 5 nitrogen and oxygen atoms in total. The Morgan fingerprint density at radius 3 is 2.50 bits per heavy atom. The molecule has 0 spiro atoms. The molecule has 6 heteroatoms. The van der Waals surface area contributed by atoms with Gasteiger partial charge in [-0.3, -0.25) is 4.79 Å². The van der Waals surface area contributed by atoms with Crippen molar-refractivity contribution >= 4 is 33.2 Å². The van der Waals surface area contributed by atoms with Crippen molar-refractivity contribution in [2.45, 2.75) is 19.9 Å². The van der Waals surface area contributed by atoms with E-state index in [1.54, 1.807) is 39.3 Å². The minimum atomic E-state index is -0.415. The van der Waals surface area contributed by atoms with Crippen LogP contribution in [-0.2, 0) is 4.79 Å². The van der Waals surface area contributed by atoms with Gasteiger partial charge in [-0.1, -0.05) is 15.9 Å². The molecule has 1 amide bonds. The molecule has 0 aliphatic heterocycles. The van der Waals surface area contributed by atoms with E-state index >= 15 is 0 Å². The SMILES string of the molecule is COc1ccc(OC)c(NC(=O)C(C)Nc2ccc(Br)c(C)c2)c1. The predicted molar refractivity (Wildman–Crippen MR) is 100 cm³/mol. The number of carbonyl (C=O) groups is 1. The summed E-state index contributed by atoms with van der Waals surface area (Å²) in [6.45, 7) is 3.81. The highest BCUT2D eigenvalue weighted by Crippen LogP contribution is 2.29. The van der Waals surface area contributed by atoms with E-state index < -0.39 is 6.04 Å². The zero-order valence-corrected chi connectivity index (χ0v) is 15.7. The molecule has 0 aliphatic carbocycles. The van der Waals surface area contributed by atoms with Crippen LogP contribution in [0.2, 0.25) is 0 Å². The van der Waals surface area contributed by atoms with Crippen LogP contribution in [-0.4, -0.2) is 26.2 Å². The summed E-state index contributed by atoms with van der Waals surface area (Å²) in [7, 11) is 3.14. The minimum absolute atomic E-state index is 0.165. The molecular formula is C18H21BrN2O3. The molecule has 0 aliphatic rings. The standard InChI is InChI=1S/C18H21BrN2O3/c1-11-9-13(5-7-15(11)19)20-12(2)18(22)21-16-10-14(23-3)6-8-17(16)24-4/h5-10,12,20H,1-4H3,(H,21,22). The van der Waals surface area contributed by atoms with E-state index in [-0.39, 0.29) is 5.91 Å². The summed E-state index contributed by atoms with van der Waals surface area (Å²) in [6, 6.07) is 10.7. The summed E-state index contributed by atoms with van der Waals surface area (Å²) in [6.07, 6.45) is 0. The van der Waals surface area contributed by atoms with Gasteiger partial charge in [-0.05, 0) is 49.7 Å². The van der Waals surface area contributed by atoms with Crippen LogP contribution in [0.3, 0.4) is 0 Å². The number of amides is 1. The van der Waals surface area contributed by atoms with Crippen LogP contribution in [0.4, 0.5) is 11.4 Å². The molecule has 0 aromatic heterocycles. The van der Waals surface area contributed by atoms with E-state index in [0.717, 1.165) is 15.7 Å². The van der Waals surface area contributed by atoms with Crippen molar-refractivity contribution in [1.29, 1.82) is 0 Å². The van der Waals surface area contributed by atoms with Gasteiger partial charge >= 0.3 is 0 Å². The highest BCUT2D eigenvalue weighted by molar-refractivity contribution is 9.10. The van der Waals surface area contributed by atoms with Gasteiger partial charge < -0.3 is 20.1 Å². The van der Waals surface area contributed by atoms with Crippen LogP contribution >= 0.6 is 15.9 Å². The van der Waals surface area contributed by atoms with Gasteiger partial charge in [0.1, 0.15) is 17.5 Å². The summed E-state index contributed by atoms with van der Waals surface area (Å²) in [5.41, 5.74) is 2.56. The van der Waals surface area contributed by atoms with E-state index in [1.807, 2.05) is 25.1 Å². The van der Waals surface area contributed by atoms with Crippen LogP contribution in [0.15, 0.2) is 40.9 Å². The maximum absolute atomic E-state index is 12.5. The fourth-order valence-corrected chi connectivity index (χ4v) is 2.45. The van der Waals surface area contributed by atoms with Crippen molar-refractivity contribution in [2.24, 2.45) is 0 Å². The van der Waals surface area contributed by atoms with Gasteiger partial charge in [0.15, 0.2) is 0 Å². The third kappa shape index (κ3) is 4.41. The third-order valence-corrected chi connectivity index (χ3v) is 4.49. The molecule has 1 unspecified atom stereocenters. The molecular weight excluding hydrogens is 372 g/mol. The molecule has 1 atom stereocenters. The Hall–Kier alpha value is -2.21.